The first kappa shape index (κ1) is 13.1. The zero-order valence-electron chi connectivity index (χ0n) is 7.73. The fraction of sp³-hybridized carbons (Fsp3) is 0.400. The highest BCUT2D eigenvalue weighted by atomic mass is 35.6. The first-order chi connectivity index (χ1) is 5.87. The molecule has 0 nitrogen and oxygen atoms in total. The summed E-state index contributed by atoms with van der Waals surface area (Å²) in [6.45, 7) is 7.30. The van der Waals surface area contributed by atoms with E-state index in [0.29, 0.717) is 0 Å². The van der Waals surface area contributed by atoms with Gasteiger partial charge in [0.15, 0.2) is 0 Å². The first-order valence-corrected chi connectivity index (χ1v) is 5.01. The Morgan fingerprint density at radius 1 is 1.15 bits per heavy atom. The average Bonchev–Trinajstić information content (AvgIpc) is 1.99. The Hall–Kier alpha value is 0.0900. The number of rotatable bonds is 3. The summed E-state index contributed by atoms with van der Waals surface area (Å²) in [5.41, 5.74) is -0.597. The van der Waals surface area contributed by atoms with Crippen molar-refractivity contribution >= 4 is 34.8 Å². The van der Waals surface area contributed by atoms with Crippen LogP contribution in [0.5, 0.6) is 0 Å². The quantitative estimate of drug-likeness (QED) is 0.381. The van der Waals surface area contributed by atoms with Crippen LogP contribution in [0.25, 0.3) is 0 Å². The van der Waals surface area contributed by atoms with E-state index in [1.54, 1.807) is 12.2 Å². The predicted molar refractivity (Wildman–Crippen MR) is 62.5 cm³/mol. The molecule has 1 atom stereocenters. The van der Waals surface area contributed by atoms with Crippen LogP contribution < -0.4 is 0 Å². The highest BCUT2D eigenvalue weighted by Crippen LogP contribution is 2.46. The maximum Gasteiger partial charge on any atom is 0.202 e. The van der Waals surface area contributed by atoms with Crippen LogP contribution in [-0.2, 0) is 0 Å². The van der Waals surface area contributed by atoms with Crippen LogP contribution in [-0.4, -0.2) is 3.79 Å². The van der Waals surface area contributed by atoms with E-state index in [2.05, 4.69) is 6.58 Å². The lowest BCUT2D eigenvalue weighted by Gasteiger charge is -2.30. The van der Waals surface area contributed by atoms with Crippen molar-refractivity contribution in [2.24, 2.45) is 5.41 Å². The van der Waals surface area contributed by atoms with E-state index in [-0.39, 0.29) is 0 Å². The Kier molecular flexibility index (Phi) is 5.13. The van der Waals surface area contributed by atoms with Gasteiger partial charge in [-0.05, 0) is 13.8 Å². The van der Waals surface area contributed by atoms with E-state index in [9.17, 15) is 0 Å². The van der Waals surface area contributed by atoms with Gasteiger partial charge in [0.1, 0.15) is 0 Å². The molecule has 1 unspecified atom stereocenters. The third kappa shape index (κ3) is 3.76. The number of hydrogen-bond acceptors (Lipinski definition) is 0. The summed E-state index contributed by atoms with van der Waals surface area (Å²) in [6.07, 6.45) is 8.93. The zero-order valence-corrected chi connectivity index (χ0v) is 10.00. The maximum absolute atomic E-state index is 5.85. The number of halogens is 3. The van der Waals surface area contributed by atoms with Crippen molar-refractivity contribution in [3.63, 3.8) is 0 Å². The minimum atomic E-state index is -1.35. The third-order valence-electron chi connectivity index (χ3n) is 1.70. The molecule has 0 heterocycles. The molecular formula is C10H13Cl3. The second-order valence-electron chi connectivity index (χ2n) is 2.88. The molecule has 0 amide bonds. The van der Waals surface area contributed by atoms with Crippen LogP contribution in [0.3, 0.4) is 0 Å². The average molecular weight is 240 g/mol. The van der Waals surface area contributed by atoms with Crippen molar-refractivity contribution in [2.75, 3.05) is 0 Å². The lowest BCUT2D eigenvalue weighted by molar-refractivity contribution is 0.566. The molecule has 0 bridgehead atoms. The summed E-state index contributed by atoms with van der Waals surface area (Å²) >= 11 is 17.5. The second-order valence-corrected chi connectivity index (χ2v) is 5.16. The summed E-state index contributed by atoms with van der Waals surface area (Å²) in [5, 5.41) is 0. The lowest BCUT2D eigenvalue weighted by atomic mass is 9.91. The minimum Gasteiger partial charge on any atom is -0.0991 e. The van der Waals surface area contributed by atoms with Crippen LogP contribution in [0.15, 0.2) is 37.0 Å². The van der Waals surface area contributed by atoms with Crippen LogP contribution in [0, 0.1) is 5.41 Å². The van der Waals surface area contributed by atoms with E-state index < -0.39 is 9.21 Å². The van der Waals surface area contributed by atoms with Gasteiger partial charge < -0.3 is 0 Å². The molecule has 0 aliphatic heterocycles. The molecule has 0 aliphatic carbocycles. The SMILES string of the molecule is C=C/C=C\C(C)(/C=C\C)C(Cl)(Cl)Cl. The van der Waals surface area contributed by atoms with Crippen LogP contribution >= 0.6 is 34.8 Å². The Bertz CT molecular complexity index is 223. The molecule has 0 N–H and O–H groups in total. The van der Waals surface area contributed by atoms with Gasteiger partial charge in [0, 0.05) is 0 Å². The molecule has 3 heteroatoms. The summed E-state index contributed by atoms with van der Waals surface area (Å²) in [5.74, 6) is 0. The molecule has 13 heavy (non-hydrogen) atoms. The molecule has 0 saturated heterocycles. The highest BCUT2D eigenvalue weighted by Gasteiger charge is 2.39. The molecule has 0 aliphatic rings. The van der Waals surface area contributed by atoms with Gasteiger partial charge in [-0.25, -0.2) is 0 Å². The predicted octanol–water partition coefficient (Wildman–Crippen LogP) is 4.68. The molecule has 0 fully saturated rings. The van der Waals surface area contributed by atoms with E-state index in [1.165, 1.54) is 0 Å². The summed E-state index contributed by atoms with van der Waals surface area (Å²) in [4.78, 5) is 0. The van der Waals surface area contributed by atoms with E-state index in [0.717, 1.165) is 0 Å². The zero-order chi connectivity index (χ0) is 10.5. The lowest BCUT2D eigenvalue weighted by Crippen LogP contribution is -2.27. The molecule has 0 aromatic carbocycles. The Labute approximate surface area is 94.9 Å². The molecule has 0 saturated carbocycles. The van der Waals surface area contributed by atoms with Crippen molar-refractivity contribution in [1.29, 1.82) is 0 Å². The fourth-order valence-electron chi connectivity index (χ4n) is 0.859. The van der Waals surface area contributed by atoms with Gasteiger partial charge in [-0.15, -0.1) is 0 Å². The van der Waals surface area contributed by atoms with Crippen molar-refractivity contribution in [3.8, 4) is 0 Å². The molecule has 0 aromatic heterocycles. The van der Waals surface area contributed by atoms with Crippen molar-refractivity contribution in [2.45, 2.75) is 17.6 Å². The van der Waals surface area contributed by atoms with Gasteiger partial charge in [-0.2, -0.15) is 0 Å². The summed E-state index contributed by atoms with van der Waals surface area (Å²) in [7, 11) is 0. The van der Waals surface area contributed by atoms with Gasteiger partial charge in [0.2, 0.25) is 3.79 Å². The Morgan fingerprint density at radius 3 is 2.00 bits per heavy atom. The van der Waals surface area contributed by atoms with Crippen molar-refractivity contribution in [3.05, 3.63) is 37.0 Å². The maximum atomic E-state index is 5.85. The Morgan fingerprint density at radius 2 is 1.69 bits per heavy atom. The molecule has 0 radical (unpaired) electrons. The fourth-order valence-corrected chi connectivity index (χ4v) is 1.24. The number of alkyl halides is 3. The van der Waals surface area contributed by atoms with Gasteiger partial charge in [-0.3, -0.25) is 0 Å². The van der Waals surface area contributed by atoms with Gasteiger partial charge >= 0.3 is 0 Å². The van der Waals surface area contributed by atoms with Gasteiger partial charge in [-0.1, -0.05) is 71.8 Å². The number of allylic oxidation sites excluding steroid dienone is 5. The minimum absolute atomic E-state index is 0.597. The smallest absolute Gasteiger partial charge is 0.0991 e. The standard InChI is InChI=1S/C10H13Cl3/c1-4-6-8-9(3,7-5-2)10(11,12)13/h4-8H,1H2,2-3H3/b7-5-,8-6-. The summed E-state index contributed by atoms with van der Waals surface area (Å²) < 4.78 is -1.35. The third-order valence-corrected chi connectivity index (χ3v) is 2.92. The normalized spacial score (nSPS) is 17.9. The van der Waals surface area contributed by atoms with E-state index in [1.807, 2.05) is 32.1 Å². The van der Waals surface area contributed by atoms with Crippen LogP contribution in [0.2, 0.25) is 0 Å². The molecule has 0 rings (SSSR count). The van der Waals surface area contributed by atoms with Crippen LogP contribution in [0.4, 0.5) is 0 Å². The highest BCUT2D eigenvalue weighted by molar-refractivity contribution is 6.68. The largest absolute Gasteiger partial charge is 0.202 e. The second kappa shape index (κ2) is 5.09. The van der Waals surface area contributed by atoms with Gasteiger partial charge in [0.25, 0.3) is 0 Å². The molecular weight excluding hydrogens is 226 g/mol. The first-order valence-electron chi connectivity index (χ1n) is 3.88. The molecule has 0 spiro atoms. The number of hydrogen-bond donors (Lipinski definition) is 0. The molecule has 74 valence electrons. The monoisotopic (exact) mass is 238 g/mol. The summed E-state index contributed by atoms with van der Waals surface area (Å²) in [6, 6.07) is 0. The van der Waals surface area contributed by atoms with Gasteiger partial charge in [0.05, 0.1) is 5.41 Å². The molecule has 0 aromatic rings. The Balaban J connectivity index is 4.94. The van der Waals surface area contributed by atoms with Crippen molar-refractivity contribution in [1.82, 2.24) is 0 Å². The van der Waals surface area contributed by atoms with Crippen LogP contribution in [0.1, 0.15) is 13.8 Å². The topological polar surface area (TPSA) is 0 Å². The van der Waals surface area contributed by atoms with E-state index in [4.69, 9.17) is 34.8 Å². The van der Waals surface area contributed by atoms with Crippen molar-refractivity contribution < 1.29 is 0 Å². The van der Waals surface area contributed by atoms with E-state index >= 15 is 0 Å².